The Bertz CT molecular complexity index is 810. The Balaban J connectivity index is 1.45. The van der Waals surface area contributed by atoms with E-state index in [9.17, 15) is 15.0 Å². The number of carbonyl (C=O) groups is 1. The van der Waals surface area contributed by atoms with Crippen LogP contribution in [0.1, 0.15) is 79.6 Å². The van der Waals surface area contributed by atoms with E-state index in [1.54, 1.807) is 12.4 Å². The van der Waals surface area contributed by atoms with Gasteiger partial charge in [-0.15, -0.1) is 0 Å². The molecule has 156 valence electrons. The third kappa shape index (κ3) is 6.22. The highest BCUT2D eigenvalue weighted by Crippen LogP contribution is 2.27. The first kappa shape index (κ1) is 21.2. The normalized spacial score (nSPS) is 15.2. The minimum Gasteiger partial charge on any atom is -0.481 e. The van der Waals surface area contributed by atoms with Gasteiger partial charge >= 0.3 is 5.97 Å². The monoisotopic (exact) mass is 398 g/mol. The molecule has 1 aliphatic rings. The number of nitrogens with one attached hydrogen (secondary N) is 1. The number of aliphatic hydroxyl groups is 1. The van der Waals surface area contributed by atoms with Crippen molar-refractivity contribution >= 4 is 11.8 Å². The van der Waals surface area contributed by atoms with Crippen LogP contribution in [0.15, 0.2) is 24.5 Å². The lowest BCUT2D eigenvalue weighted by molar-refractivity contribution is -0.137. The zero-order valence-electron chi connectivity index (χ0n) is 17.0. The largest absolute Gasteiger partial charge is 0.481 e. The summed E-state index contributed by atoms with van der Waals surface area (Å²) in [5.41, 5.74) is 2.82. The molecule has 29 heavy (non-hydrogen) atoms. The van der Waals surface area contributed by atoms with E-state index < -0.39 is 12.1 Å². The first-order chi connectivity index (χ1) is 14.0. The van der Waals surface area contributed by atoms with Crippen molar-refractivity contribution in [2.45, 2.75) is 70.3 Å². The zero-order valence-corrected chi connectivity index (χ0v) is 17.0. The van der Waals surface area contributed by atoms with E-state index in [-0.39, 0.29) is 12.3 Å². The molecule has 0 fully saturated rings. The summed E-state index contributed by atoms with van der Waals surface area (Å²) in [6, 6.07) is 3.99. The van der Waals surface area contributed by atoms with Gasteiger partial charge in [0.2, 0.25) is 0 Å². The maximum absolute atomic E-state index is 11.2. The summed E-state index contributed by atoms with van der Waals surface area (Å²) in [5, 5.41) is 23.0. The molecule has 0 radical (unpaired) electrons. The molecule has 0 aliphatic carbocycles. The average molecular weight is 399 g/mol. The van der Waals surface area contributed by atoms with Crippen LogP contribution < -0.4 is 5.32 Å². The molecule has 3 rings (SSSR count). The van der Waals surface area contributed by atoms with Gasteiger partial charge in [0.1, 0.15) is 11.6 Å². The number of rotatable bonds is 10. The van der Waals surface area contributed by atoms with E-state index in [1.165, 1.54) is 5.56 Å². The number of carboxylic acid groups (broad SMARTS) is 1. The number of aromatic nitrogens is 3. The van der Waals surface area contributed by atoms with Gasteiger partial charge in [0, 0.05) is 18.9 Å². The van der Waals surface area contributed by atoms with Gasteiger partial charge in [0.05, 0.1) is 18.2 Å². The number of anilines is 1. The third-order valence-electron chi connectivity index (χ3n) is 5.48. The summed E-state index contributed by atoms with van der Waals surface area (Å²) in [6.07, 6.45) is 9.27. The number of nitrogens with zero attached hydrogens (tertiary/aromatic N) is 3. The van der Waals surface area contributed by atoms with Crippen LogP contribution in [0, 0.1) is 6.92 Å². The van der Waals surface area contributed by atoms with Crippen LogP contribution in [0.4, 0.5) is 5.82 Å². The van der Waals surface area contributed by atoms with Crippen molar-refractivity contribution in [1.29, 1.82) is 0 Å². The number of aliphatic hydroxyl groups excluding tert-OH is 1. The van der Waals surface area contributed by atoms with Crippen LogP contribution in [-0.4, -0.2) is 37.7 Å². The Kier molecular flexibility index (Phi) is 7.52. The Morgan fingerprint density at radius 2 is 1.93 bits per heavy atom. The Morgan fingerprint density at radius 1 is 1.17 bits per heavy atom. The van der Waals surface area contributed by atoms with E-state index in [0.717, 1.165) is 62.1 Å². The number of fused-ring (bicyclic) bond motifs is 1. The van der Waals surface area contributed by atoms with Crippen LogP contribution in [0.5, 0.6) is 0 Å². The van der Waals surface area contributed by atoms with Crippen molar-refractivity contribution in [3.8, 4) is 0 Å². The van der Waals surface area contributed by atoms with Crippen LogP contribution in [-0.2, 0) is 11.2 Å². The molecule has 1 aliphatic heterocycles. The number of carboxylic acids is 1. The quantitative estimate of drug-likeness (QED) is 0.523. The van der Waals surface area contributed by atoms with Crippen LogP contribution in [0.25, 0.3) is 0 Å². The highest BCUT2D eigenvalue weighted by molar-refractivity contribution is 5.68. The fourth-order valence-electron chi connectivity index (χ4n) is 3.79. The number of aliphatic carboxylic acids is 1. The lowest BCUT2D eigenvalue weighted by Crippen LogP contribution is -2.14. The van der Waals surface area contributed by atoms with Gasteiger partial charge in [-0.2, -0.15) is 0 Å². The Hall–Kier alpha value is -2.54. The van der Waals surface area contributed by atoms with E-state index in [0.29, 0.717) is 12.2 Å². The second-order valence-corrected chi connectivity index (χ2v) is 7.79. The molecule has 0 spiro atoms. The molecule has 0 bridgehead atoms. The molecule has 0 saturated carbocycles. The van der Waals surface area contributed by atoms with Crippen molar-refractivity contribution < 1.29 is 15.0 Å². The minimum absolute atomic E-state index is 0.0774. The second-order valence-electron chi connectivity index (χ2n) is 7.79. The van der Waals surface area contributed by atoms with Gasteiger partial charge in [-0.1, -0.05) is 25.3 Å². The maximum atomic E-state index is 11.2. The summed E-state index contributed by atoms with van der Waals surface area (Å²) in [6.45, 7) is 2.75. The van der Waals surface area contributed by atoms with Gasteiger partial charge in [-0.3, -0.25) is 4.79 Å². The number of hydrogen-bond acceptors (Lipinski definition) is 6. The zero-order chi connectivity index (χ0) is 20.6. The van der Waals surface area contributed by atoms with Crippen molar-refractivity contribution in [1.82, 2.24) is 15.0 Å². The predicted octanol–water partition coefficient (Wildman–Crippen LogP) is 3.78. The topological polar surface area (TPSA) is 108 Å². The van der Waals surface area contributed by atoms with Crippen molar-refractivity contribution in [2.75, 3.05) is 11.9 Å². The summed E-state index contributed by atoms with van der Waals surface area (Å²) in [4.78, 5) is 24.2. The van der Waals surface area contributed by atoms with E-state index in [1.807, 2.05) is 13.0 Å². The molecular weight excluding hydrogens is 368 g/mol. The Morgan fingerprint density at radius 3 is 2.69 bits per heavy atom. The first-order valence-corrected chi connectivity index (χ1v) is 10.4. The molecule has 3 heterocycles. The molecule has 2 atom stereocenters. The third-order valence-corrected chi connectivity index (χ3v) is 5.48. The summed E-state index contributed by atoms with van der Waals surface area (Å²) >= 11 is 0. The van der Waals surface area contributed by atoms with Crippen LogP contribution >= 0.6 is 0 Å². The fraction of sp³-hybridized carbons (Fsp3) is 0.545. The first-order valence-electron chi connectivity index (χ1n) is 10.4. The van der Waals surface area contributed by atoms with Crippen molar-refractivity contribution in [3.63, 3.8) is 0 Å². The maximum Gasteiger partial charge on any atom is 0.303 e. The number of unbranched alkanes of at least 4 members (excludes halogenated alkanes) is 2. The number of pyridine rings is 1. The minimum atomic E-state index is -0.807. The molecule has 0 saturated heterocycles. The van der Waals surface area contributed by atoms with Gasteiger partial charge in [0.25, 0.3) is 0 Å². The van der Waals surface area contributed by atoms with E-state index in [2.05, 4.69) is 26.3 Å². The smallest absolute Gasteiger partial charge is 0.303 e. The van der Waals surface area contributed by atoms with E-state index >= 15 is 0 Å². The molecule has 2 unspecified atom stereocenters. The van der Waals surface area contributed by atoms with Gasteiger partial charge in [-0.25, -0.2) is 15.0 Å². The fourth-order valence-corrected chi connectivity index (χ4v) is 3.79. The Labute approximate surface area is 171 Å². The SMILES string of the molecule is Cc1ncc(C(CCCCCC(O)c2ccc3c(n2)NCCC3)CC(=O)O)cn1. The second kappa shape index (κ2) is 10.3. The van der Waals surface area contributed by atoms with E-state index in [4.69, 9.17) is 0 Å². The molecule has 3 N–H and O–H groups in total. The molecule has 7 heteroatoms. The van der Waals surface area contributed by atoms with Gasteiger partial charge in [-0.05, 0) is 55.7 Å². The number of hydrogen-bond donors (Lipinski definition) is 3. The van der Waals surface area contributed by atoms with Crippen molar-refractivity contribution in [2.24, 2.45) is 0 Å². The number of aryl methyl sites for hydroxylation is 2. The van der Waals surface area contributed by atoms with Crippen LogP contribution in [0.3, 0.4) is 0 Å². The van der Waals surface area contributed by atoms with Gasteiger partial charge in [0.15, 0.2) is 0 Å². The lowest BCUT2D eigenvalue weighted by Gasteiger charge is -2.19. The highest BCUT2D eigenvalue weighted by Gasteiger charge is 2.17. The molecular formula is C22H30N4O3. The predicted molar refractivity (Wildman–Crippen MR) is 111 cm³/mol. The molecule has 7 nitrogen and oxygen atoms in total. The standard InChI is InChI=1S/C22H30N4O3/c1-15-24-13-18(14-25-15)17(12-21(28)29)6-3-2-4-8-20(27)19-10-9-16-7-5-11-23-22(16)26-19/h9-10,13-14,17,20,27H,2-8,11-12H2,1H3,(H,23,26)(H,28,29). The molecule has 0 aromatic carbocycles. The summed E-state index contributed by atoms with van der Waals surface area (Å²) in [7, 11) is 0. The average Bonchev–Trinajstić information content (AvgIpc) is 2.72. The van der Waals surface area contributed by atoms with Crippen LogP contribution in [0.2, 0.25) is 0 Å². The lowest BCUT2D eigenvalue weighted by atomic mass is 9.92. The summed E-state index contributed by atoms with van der Waals surface area (Å²) < 4.78 is 0. The van der Waals surface area contributed by atoms with Crippen molar-refractivity contribution in [3.05, 3.63) is 47.2 Å². The summed E-state index contributed by atoms with van der Waals surface area (Å²) in [5.74, 6) is 0.705. The van der Waals surface area contributed by atoms with Gasteiger partial charge < -0.3 is 15.5 Å². The highest BCUT2D eigenvalue weighted by atomic mass is 16.4. The molecule has 2 aromatic heterocycles. The molecule has 0 amide bonds. The molecule has 2 aromatic rings.